The first-order chi connectivity index (χ1) is 19.2. The van der Waals surface area contributed by atoms with E-state index >= 15 is 0 Å². The molecule has 0 saturated carbocycles. The Morgan fingerprint density at radius 1 is 1.05 bits per heavy atom. The van der Waals surface area contributed by atoms with E-state index < -0.39 is 23.7 Å². The fourth-order valence-electron chi connectivity index (χ4n) is 5.61. The number of alkyl halides is 5. The molecule has 3 saturated heterocycles. The summed E-state index contributed by atoms with van der Waals surface area (Å²) in [5.74, 6) is -3.01. The van der Waals surface area contributed by atoms with Crippen LogP contribution in [0.5, 0.6) is 0 Å². The smallest absolute Gasteiger partial charge is 0.365 e. The summed E-state index contributed by atoms with van der Waals surface area (Å²) < 4.78 is 70.2. The number of halogens is 5. The lowest BCUT2D eigenvalue weighted by Crippen LogP contribution is -2.26. The fourth-order valence-corrected chi connectivity index (χ4v) is 5.61. The Hall–Kier alpha value is -3.51. The third kappa shape index (κ3) is 5.55. The number of anilines is 4. The highest BCUT2D eigenvalue weighted by atomic mass is 19.4. The highest BCUT2D eigenvalue weighted by molar-refractivity contribution is 5.66. The SMILES string of the molecule is FC1(F)CCN(c2cc(Nc3ncc(C(F)(F)F)c(N4OCC[C@H]4c4ccccc4)n3)cc([C@H]3CCNC3)c2)C1. The van der Waals surface area contributed by atoms with E-state index in [1.165, 1.54) is 5.06 Å². The van der Waals surface area contributed by atoms with Gasteiger partial charge in [0.25, 0.3) is 5.92 Å². The van der Waals surface area contributed by atoms with Gasteiger partial charge >= 0.3 is 6.18 Å². The summed E-state index contributed by atoms with van der Waals surface area (Å²) in [6.45, 7) is 1.68. The molecule has 212 valence electrons. The summed E-state index contributed by atoms with van der Waals surface area (Å²) in [6, 6.07) is 14.2. The molecular weight excluding hydrogens is 531 g/mol. The van der Waals surface area contributed by atoms with Crippen LogP contribution in [-0.2, 0) is 11.0 Å². The van der Waals surface area contributed by atoms with Crippen LogP contribution in [0.4, 0.5) is 45.1 Å². The second-order valence-electron chi connectivity index (χ2n) is 10.5. The molecule has 3 aromatic rings. The quantitative estimate of drug-likeness (QED) is 0.356. The van der Waals surface area contributed by atoms with Gasteiger partial charge < -0.3 is 15.5 Å². The van der Waals surface area contributed by atoms with Crippen molar-refractivity contribution < 1.29 is 26.8 Å². The molecule has 7 nitrogen and oxygen atoms in total. The van der Waals surface area contributed by atoms with Crippen molar-refractivity contribution >= 4 is 23.1 Å². The summed E-state index contributed by atoms with van der Waals surface area (Å²) in [6.07, 6.45) is -2.79. The standard InChI is InChI=1S/C28H29F5N6O/c29-27(30)8-10-38(17-27)22-13-20(19-6-9-34-15-19)12-21(14-22)36-26-35-16-23(28(31,32)33)25(37-26)39-24(7-11-40-39)18-4-2-1-3-5-18/h1-5,12-14,16,19,24,34H,6-11,15,17H2,(H,35,36,37)/t19-,24-/m0/s1. The van der Waals surface area contributed by atoms with Crippen LogP contribution >= 0.6 is 0 Å². The number of hydrogen-bond acceptors (Lipinski definition) is 7. The number of nitrogens with zero attached hydrogens (tertiary/aromatic N) is 4. The molecule has 4 heterocycles. The van der Waals surface area contributed by atoms with Crippen LogP contribution in [0.3, 0.4) is 0 Å². The molecule has 0 aliphatic carbocycles. The Morgan fingerprint density at radius 2 is 1.88 bits per heavy atom. The van der Waals surface area contributed by atoms with Crippen molar-refractivity contribution in [3.8, 4) is 0 Å². The molecule has 6 rings (SSSR count). The molecule has 1 aromatic heterocycles. The van der Waals surface area contributed by atoms with E-state index in [1.54, 1.807) is 11.0 Å². The van der Waals surface area contributed by atoms with Crippen molar-refractivity contribution in [2.75, 3.05) is 48.1 Å². The normalized spacial score (nSPS) is 22.7. The van der Waals surface area contributed by atoms with Gasteiger partial charge in [0.05, 0.1) is 19.2 Å². The van der Waals surface area contributed by atoms with Gasteiger partial charge in [0.1, 0.15) is 5.56 Å². The van der Waals surface area contributed by atoms with Gasteiger partial charge in [-0.2, -0.15) is 18.2 Å². The van der Waals surface area contributed by atoms with Crippen LogP contribution < -0.4 is 20.6 Å². The van der Waals surface area contributed by atoms with E-state index in [1.807, 2.05) is 42.5 Å². The molecule has 0 radical (unpaired) electrons. The Kier molecular flexibility index (Phi) is 6.99. The molecule has 40 heavy (non-hydrogen) atoms. The Bertz CT molecular complexity index is 1350. The summed E-state index contributed by atoms with van der Waals surface area (Å²) in [5, 5.41) is 7.57. The van der Waals surface area contributed by atoms with Crippen LogP contribution in [0.25, 0.3) is 0 Å². The summed E-state index contributed by atoms with van der Waals surface area (Å²) >= 11 is 0. The molecular formula is C28H29F5N6O. The van der Waals surface area contributed by atoms with E-state index in [0.717, 1.165) is 36.8 Å². The van der Waals surface area contributed by atoms with E-state index in [0.29, 0.717) is 17.8 Å². The predicted octanol–water partition coefficient (Wildman–Crippen LogP) is 6.04. The van der Waals surface area contributed by atoms with E-state index in [4.69, 9.17) is 4.84 Å². The minimum Gasteiger partial charge on any atom is -0.365 e. The van der Waals surface area contributed by atoms with Gasteiger partial charge in [-0.05, 0) is 48.2 Å². The number of aromatic nitrogens is 2. The van der Waals surface area contributed by atoms with Crippen molar-refractivity contribution in [1.29, 1.82) is 0 Å². The largest absolute Gasteiger partial charge is 0.421 e. The van der Waals surface area contributed by atoms with Crippen molar-refractivity contribution in [2.45, 2.75) is 43.3 Å². The average molecular weight is 561 g/mol. The van der Waals surface area contributed by atoms with E-state index in [-0.39, 0.29) is 43.8 Å². The lowest BCUT2D eigenvalue weighted by atomic mass is 9.97. The maximum atomic E-state index is 14.0. The maximum absolute atomic E-state index is 14.0. The maximum Gasteiger partial charge on any atom is 0.421 e. The van der Waals surface area contributed by atoms with Crippen molar-refractivity contribution in [3.05, 3.63) is 71.4 Å². The first kappa shape index (κ1) is 26.7. The van der Waals surface area contributed by atoms with Gasteiger partial charge in [-0.1, -0.05) is 30.3 Å². The Balaban J connectivity index is 1.35. The minimum atomic E-state index is -4.70. The zero-order valence-corrected chi connectivity index (χ0v) is 21.6. The summed E-state index contributed by atoms with van der Waals surface area (Å²) in [5.41, 5.74) is 1.91. The van der Waals surface area contributed by atoms with Crippen LogP contribution in [0, 0.1) is 0 Å². The molecule has 0 unspecified atom stereocenters. The fraction of sp³-hybridized carbons (Fsp3) is 0.429. The lowest BCUT2D eigenvalue weighted by molar-refractivity contribution is -0.138. The third-order valence-corrected chi connectivity index (χ3v) is 7.63. The van der Waals surface area contributed by atoms with E-state index in [9.17, 15) is 22.0 Å². The van der Waals surface area contributed by atoms with Crippen molar-refractivity contribution in [1.82, 2.24) is 15.3 Å². The van der Waals surface area contributed by atoms with Crippen LogP contribution in [-0.4, -0.2) is 48.7 Å². The van der Waals surface area contributed by atoms with Gasteiger partial charge in [-0.25, -0.2) is 18.8 Å². The number of benzene rings is 2. The Morgan fingerprint density at radius 3 is 2.58 bits per heavy atom. The van der Waals surface area contributed by atoms with Crippen LogP contribution in [0.2, 0.25) is 0 Å². The molecule has 0 amide bonds. The number of hydroxylamine groups is 1. The van der Waals surface area contributed by atoms with Gasteiger partial charge in [0.2, 0.25) is 5.95 Å². The van der Waals surface area contributed by atoms with E-state index in [2.05, 4.69) is 20.6 Å². The second kappa shape index (κ2) is 10.5. The van der Waals surface area contributed by atoms with Gasteiger partial charge in [-0.15, -0.1) is 0 Å². The molecule has 3 aliphatic rings. The number of nitrogens with one attached hydrogen (secondary N) is 2. The number of hydrogen-bond donors (Lipinski definition) is 2. The van der Waals surface area contributed by atoms with Gasteiger partial charge in [0, 0.05) is 43.5 Å². The monoisotopic (exact) mass is 560 g/mol. The molecule has 0 bridgehead atoms. The molecule has 3 aliphatic heterocycles. The third-order valence-electron chi connectivity index (χ3n) is 7.63. The summed E-state index contributed by atoms with van der Waals surface area (Å²) in [7, 11) is 0. The average Bonchev–Trinajstić information content (AvgIpc) is 3.69. The topological polar surface area (TPSA) is 65.5 Å². The van der Waals surface area contributed by atoms with Crippen LogP contribution in [0.1, 0.15) is 47.9 Å². The Labute approximate surface area is 228 Å². The van der Waals surface area contributed by atoms with Gasteiger partial charge in [0.15, 0.2) is 5.82 Å². The van der Waals surface area contributed by atoms with Crippen molar-refractivity contribution in [2.24, 2.45) is 0 Å². The van der Waals surface area contributed by atoms with Gasteiger partial charge in [-0.3, -0.25) is 4.84 Å². The minimum absolute atomic E-state index is 0.0512. The first-order valence-electron chi connectivity index (χ1n) is 13.3. The zero-order valence-electron chi connectivity index (χ0n) is 21.6. The summed E-state index contributed by atoms with van der Waals surface area (Å²) in [4.78, 5) is 15.6. The molecule has 0 spiro atoms. The zero-order chi connectivity index (χ0) is 27.9. The lowest BCUT2D eigenvalue weighted by Gasteiger charge is -2.26. The molecule has 12 heteroatoms. The molecule has 2 N–H and O–H groups in total. The van der Waals surface area contributed by atoms with Crippen molar-refractivity contribution in [3.63, 3.8) is 0 Å². The molecule has 2 aromatic carbocycles. The predicted molar refractivity (Wildman–Crippen MR) is 141 cm³/mol. The highest BCUT2D eigenvalue weighted by Crippen LogP contribution is 2.42. The van der Waals surface area contributed by atoms with Crippen LogP contribution in [0.15, 0.2) is 54.7 Å². The number of rotatable bonds is 6. The molecule has 3 fully saturated rings. The second-order valence-corrected chi connectivity index (χ2v) is 10.5. The first-order valence-corrected chi connectivity index (χ1v) is 13.3. The molecule has 2 atom stereocenters. The highest BCUT2D eigenvalue weighted by Gasteiger charge is 2.41.